The molecule has 2 aromatic carbocycles. The lowest BCUT2D eigenvalue weighted by atomic mass is 9.96. The van der Waals surface area contributed by atoms with E-state index in [0.717, 1.165) is 16.5 Å². The van der Waals surface area contributed by atoms with Crippen LogP contribution in [0.1, 0.15) is 22.7 Å². The van der Waals surface area contributed by atoms with E-state index in [4.69, 9.17) is 0 Å². The monoisotopic (exact) mass is 441 g/mol. The molecular formula is C26H20FN3O3. The van der Waals surface area contributed by atoms with E-state index in [1.165, 1.54) is 29.2 Å². The highest BCUT2D eigenvalue weighted by atomic mass is 19.1. The Balaban J connectivity index is 1.55. The van der Waals surface area contributed by atoms with Crippen LogP contribution in [0.25, 0.3) is 16.7 Å². The number of pyridine rings is 1. The van der Waals surface area contributed by atoms with Gasteiger partial charge in [0.05, 0.1) is 11.6 Å². The number of para-hydroxylation sites is 1. The van der Waals surface area contributed by atoms with Crippen LogP contribution < -0.4 is 0 Å². The van der Waals surface area contributed by atoms with Crippen LogP contribution in [0, 0.1) is 5.82 Å². The molecule has 0 saturated carbocycles. The van der Waals surface area contributed by atoms with Crippen molar-refractivity contribution in [3.63, 3.8) is 0 Å². The second kappa shape index (κ2) is 8.35. The topological polar surface area (TPSA) is 86.3 Å². The highest BCUT2D eigenvalue weighted by Gasteiger charge is 2.46. The zero-order valence-corrected chi connectivity index (χ0v) is 17.5. The fourth-order valence-corrected chi connectivity index (χ4v) is 4.34. The van der Waals surface area contributed by atoms with Crippen LogP contribution in [0.5, 0.6) is 0 Å². The summed E-state index contributed by atoms with van der Waals surface area (Å²) in [5, 5.41) is 12.0. The molecule has 33 heavy (non-hydrogen) atoms. The van der Waals surface area contributed by atoms with Crippen LogP contribution >= 0.6 is 0 Å². The third kappa shape index (κ3) is 3.67. The number of nitrogens with one attached hydrogen (secondary N) is 1. The highest BCUT2D eigenvalue weighted by molar-refractivity contribution is 6.46. The number of hydrogen-bond donors (Lipinski definition) is 2. The molecule has 1 aliphatic heterocycles. The van der Waals surface area contributed by atoms with Crippen molar-refractivity contribution in [2.45, 2.75) is 12.5 Å². The van der Waals surface area contributed by atoms with Gasteiger partial charge in [0.15, 0.2) is 0 Å². The zero-order valence-electron chi connectivity index (χ0n) is 17.5. The fourth-order valence-electron chi connectivity index (χ4n) is 4.34. The maximum atomic E-state index is 13.4. The van der Waals surface area contributed by atoms with E-state index in [2.05, 4.69) is 9.97 Å². The lowest BCUT2D eigenvalue weighted by Crippen LogP contribution is -2.31. The van der Waals surface area contributed by atoms with Gasteiger partial charge in [-0.3, -0.25) is 14.6 Å². The number of aromatic nitrogens is 2. The first kappa shape index (κ1) is 20.6. The Bertz CT molecular complexity index is 1380. The standard InChI is InChI=1S/C26H20FN3O3/c27-19-9-7-16(8-10-19)24(31)22-23(18-4-3-12-28-14-18)30(26(33)25(22)32)13-11-17-15-29-21-6-2-1-5-20(17)21/h1-10,12,14-15,23,29,31H,11,13H2/b24-22+. The Labute approximate surface area is 189 Å². The van der Waals surface area contributed by atoms with E-state index in [1.54, 1.807) is 24.5 Å². The number of likely N-dealkylation sites (tertiary alicyclic amines) is 1. The van der Waals surface area contributed by atoms with Gasteiger partial charge in [0.1, 0.15) is 11.6 Å². The Morgan fingerprint density at radius 2 is 1.85 bits per heavy atom. The first-order valence-corrected chi connectivity index (χ1v) is 10.5. The SMILES string of the molecule is O=C1C(=O)N(CCc2c[nH]c3ccccc23)C(c2cccnc2)/C1=C(\O)c1ccc(F)cc1. The minimum absolute atomic E-state index is 0.0291. The molecule has 0 radical (unpaired) electrons. The maximum Gasteiger partial charge on any atom is 0.295 e. The van der Waals surface area contributed by atoms with Crippen molar-refractivity contribution in [2.75, 3.05) is 6.54 Å². The number of hydrogen-bond acceptors (Lipinski definition) is 4. The number of aromatic amines is 1. The van der Waals surface area contributed by atoms with E-state index in [0.29, 0.717) is 12.0 Å². The molecule has 1 saturated heterocycles. The minimum atomic E-state index is -0.797. The van der Waals surface area contributed by atoms with Crippen molar-refractivity contribution in [2.24, 2.45) is 0 Å². The smallest absolute Gasteiger partial charge is 0.295 e. The lowest BCUT2D eigenvalue weighted by Gasteiger charge is -2.25. The molecule has 1 fully saturated rings. The van der Waals surface area contributed by atoms with E-state index in [1.807, 2.05) is 30.5 Å². The number of aliphatic hydroxyl groups excluding tert-OH is 1. The van der Waals surface area contributed by atoms with Gasteiger partial charge in [-0.15, -0.1) is 0 Å². The number of fused-ring (bicyclic) bond motifs is 1. The third-order valence-corrected chi connectivity index (χ3v) is 5.95. The van der Waals surface area contributed by atoms with Crippen molar-refractivity contribution in [3.8, 4) is 0 Å². The van der Waals surface area contributed by atoms with E-state index in [9.17, 15) is 19.1 Å². The molecule has 2 aromatic heterocycles. The average molecular weight is 441 g/mol. The second-order valence-electron chi connectivity index (χ2n) is 7.90. The average Bonchev–Trinajstić information content (AvgIpc) is 3.37. The summed E-state index contributed by atoms with van der Waals surface area (Å²) in [6.45, 7) is 0.270. The van der Waals surface area contributed by atoms with Gasteiger partial charge in [0.25, 0.3) is 11.7 Å². The Kier molecular flexibility index (Phi) is 5.22. The van der Waals surface area contributed by atoms with Gasteiger partial charge in [-0.25, -0.2) is 4.39 Å². The van der Waals surface area contributed by atoms with Crippen LogP contribution in [0.15, 0.2) is 84.8 Å². The van der Waals surface area contributed by atoms with Crippen molar-refractivity contribution < 1.29 is 19.1 Å². The molecule has 0 aliphatic carbocycles. The van der Waals surface area contributed by atoms with Crippen LogP contribution in [-0.4, -0.2) is 38.2 Å². The number of aliphatic hydroxyl groups is 1. The largest absolute Gasteiger partial charge is 0.507 e. The molecule has 0 spiro atoms. The molecular weight excluding hydrogens is 421 g/mol. The summed E-state index contributed by atoms with van der Waals surface area (Å²) < 4.78 is 13.4. The Morgan fingerprint density at radius 1 is 1.06 bits per heavy atom. The number of rotatable bonds is 5. The van der Waals surface area contributed by atoms with Gasteiger partial charge in [-0.05, 0) is 53.9 Å². The first-order valence-electron chi connectivity index (χ1n) is 10.5. The Hall–Kier alpha value is -4.26. The molecule has 1 aliphatic rings. The predicted octanol–water partition coefficient (Wildman–Crippen LogP) is 4.37. The molecule has 6 nitrogen and oxygen atoms in total. The molecule has 5 rings (SSSR count). The van der Waals surface area contributed by atoms with Crippen LogP contribution in [0.4, 0.5) is 4.39 Å². The lowest BCUT2D eigenvalue weighted by molar-refractivity contribution is -0.139. The van der Waals surface area contributed by atoms with Gasteiger partial charge in [0.2, 0.25) is 0 Å². The van der Waals surface area contributed by atoms with Crippen molar-refractivity contribution in [1.29, 1.82) is 0 Å². The second-order valence-corrected chi connectivity index (χ2v) is 7.90. The number of Topliss-reactive ketones (excluding diaryl/α,β-unsaturated/α-hetero) is 1. The van der Waals surface area contributed by atoms with Crippen molar-refractivity contribution in [1.82, 2.24) is 14.9 Å². The van der Waals surface area contributed by atoms with Gasteiger partial charge in [-0.1, -0.05) is 24.3 Å². The molecule has 4 aromatic rings. The first-order chi connectivity index (χ1) is 16.0. The summed E-state index contributed by atoms with van der Waals surface area (Å²) in [5.41, 5.74) is 2.86. The zero-order chi connectivity index (χ0) is 22.9. The summed E-state index contributed by atoms with van der Waals surface area (Å²) in [6.07, 6.45) is 5.60. The van der Waals surface area contributed by atoms with Crippen LogP contribution in [-0.2, 0) is 16.0 Å². The summed E-state index contributed by atoms with van der Waals surface area (Å²) >= 11 is 0. The third-order valence-electron chi connectivity index (χ3n) is 5.95. The molecule has 1 atom stereocenters. The number of ketones is 1. The fraction of sp³-hybridized carbons (Fsp3) is 0.115. The number of H-pyrrole nitrogens is 1. The quantitative estimate of drug-likeness (QED) is 0.274. The molecule has 3 heterocycles. The molecule has 164 valence electrons. The molecule has 2 N–H and O–H groups in total. The number of nitrogens with zero attached hydrogens (tertiary/aromatic N) is 2. The van der Waals surface area contributed by atoms with Crippen molar-refractivity contribution in [3.05, 3.63) is 107 Å². The number of carbonyl (C=O) groups is 2. The van der Waals surface area contributed by atoms with E-state index < -0.39 is 23.5 Å². The molecule has 7 heteroatoms. The van der Waals surface area contributed by atoms with Crippen molar-refractivity contribution >= 4 is 28.4 Å². The van der Waals surface area contributed by atoms with Gasteiger partial charge < -0.3 is 15.0 Å². The van der Waals surface area contributed by atoms with Crippen LogP contribution in [0.2, 0.25) is 0 Å². The predicted molar refractivity (Wildman–Crippen MR) is 122 cm³/mol. The van der Waals surface area contributed by atoms with Gasteiger partial charge in [-0.2, -0.15) is 0 Å². The van der Waals surface area contributed by atoms with Gasteiger partial charge in [0, 0.05) is 41.6 Å². The summed E-state index contributed by atoms with van der Waals surface area (Å²) in [6, 6.07) is 15.7. The number of halogens is 1. The molecule has 1 unspecified atom stereocenters. The summed E-state index contributed by atoms with van der Waals surface area (Å²) in [5.74, 6) is -2.26. The molecule has 0 bridgehead atoms. The number of benzene rings is 2. The van der Waals surface area contributed by atoms with E-state index in [-0.39, 0.29) is 23.4 Å². The number of amides is 1. The highest BCUT2D eigenvalue weighted by Crippen LogP contribution is 2.39. The van der Waals surface area contributed by atoms with Gasteiger partial charge >= 0.3 is 0 Å². The normalized spacial score (nSPS) is 17.7. The summed E-state index contributed by atoms with van der Waals surface area (Å²) in [4.78, 5) is 34.9. The maximum absolute atomic E-state index is 13.4. The number of carbonyl (C=O) groups excluding carboxylic acids is 2. The van der Waals surface area contributed by atoms with E-state index >= 15 is 0 Å². The summed E-state index contributed by atoms with van der Waals surface area (Å²) in [7, 11) is 0. The van der Waals surface area contributed by atoms with Crippen LogP contribution in [0.3, 0.4) is 0 Å². The minimum Gasteiger partial charge on any atom is -0.507 e. The molecule has 1 amide bonds. The Morgan fingerprint density at radius 3 is 2.61 bits per heavy atom.